The minimum atomic E-state index is -0.426. The maximum Gasteiger partial charge on any atom is 0.316 e. The van der Waals surface area contributed by atoms with E-state index >= 15 is 0 Å². The Bertz CT molecular complexity index is 870. The first-order valence-electron chi connectivity index (χ1n) is 6.66. The Balaban J connectivity index is 2.65. The van der Waals surface area contributed by atoms with E-state index in [1.54, 1.807) is 12.1 Å². The fourth-order valence-electron chi connectivity index (χ4n) is 2.05. The van der Waals surface area contributed by atoms with Gasteiger partial charge in [-0.15, -0.1) is 0 Å². The quantitative estimate of drug-likeness (QED) is 0.619. The number of aromatic amines is 1. The van der Waals surface area contributed by atoms with Crippen LogP contribution >= 0.6 is 27.7 Å². The highest BCUT2D eigenvalue weighted by Gasteiger charge is 2.24. The van der Waals surface area contributed by atoms with Crippen LogP contribution in [0.15, 0.2) is 33.8 Å². The number of nitriles is 2. The standard InChI is InChI=1S/C16H11BrN4O2S/c1-23-13(22)8-24-16-12(7-19)14(11(6-18)15(20)21-16)9-2-4-10(17)5-3-9/h2-5H,8H2,1H3,(H2,20,21)/p+1. The van der Waals surface area contributed by atoms with Crippen molar-refractivity contribution in [2.24, 2.45) is 0 Å². The number of nitrogens with one attached hydrogen (secondary N) is 1. The average Bonchev–Trinajstić information content (AvgIpc) is 2.59. The van der Waals surface area contributed by atoms with Crippen molar-refractivity contribution in [3.05, 3.63) is 39.9 Å². The first-order valence-corrected chi connectivity index (χ1v) is 8.44. The third kappa shape index (κ3) is 3.67. The molecule has 1 aromatic carbocycles. The zero-order chi connectivity index (χ0) is 17.7. The summed E-state index contributed by atoms with van der Waals surface area (Å²) >= 11 is 4.45. The second-order valence-corrected chi connectivity index (χ2v) is 6.49. The van der Waals surface area contributed by atoms with Crippen molar-refractivity contribution in [2.45, 2.75) is 5.03 Å². The molecule has 0 aliphatic carbocycles. The van der Waals surface area contributed by atoms with Crippen molar-refractivity contribution >= 4 is 39.5 Å². The molecule has 2 rings (SSSR count). The number of anilines is 1. The molecule has 120 valence electrons. The smallest absolute Gasteiger partial charge is 0.316 e. The molecule has 3 N–H and O–H groups in total. The molecule has 8 heteroatoms. The van der Waals surface area contributed by atoms with Crippen LogP contribution in [0.3, 0.4) is 0 Å². The Morgan fingerprint density at radius 2 is 1.92 bits per heavy atom. The number of nitrogens with two attached hydrogens (primary N) is 1. The molecule has 0 bridgehead atoms. The molecule has 0 saturated carbocycles. The lowest BCUT2D eigenvalue weighted by atomic mass is 9.97. The predicted octanol–water partition coefficient (Wildman–Crippen LogP) is 2.52. The van der Waals surface area contributed by atoms with Crippen LogP contribution in [-0.4, -0.2) is 18.8 Å². The molecule has 24 heavy (non-hydrogen) atoms. The van der Waals surface area contributed by atoms with E-state index in [1.807, 2.05) is 18.2 Å². The van der Waals surface area contributed by atoms with Gasteiger partial charge >= 0.3 is 5.97 Å². The van der Waals surface area contributed by atoms with Crippen molar-refractivity contribution < 1.29 is 14.5 Å². The number of nitrogens with zero attached hydrogens (tertiary/aromatic N) is 2. The minimum absolute atomic E-state index is 0.0206. The molecular weight excluding hydrogens is 392 g/mol. The lowest BCUT2D eigenvalue weighted by Gasteiger charge is -2.10. The van der Waals surface area contributed by atoms with Gasteiger partial charge in [-0.05, 0) is 17.7 Å². The molecule has 0 atom stereocenters. The van der Waals surface area contributed by atoms with E-state index in [0.717, 1.165) is 16.2 Å². The van der Waals surface area contributed by atoms with Crippen LogP contribution in [0.1, 0.15) is 11.1 Å². The maximum atomic E-state index is 11.4. The number of ether oxygens (including phenoxy) is 1. The number of carbonyl (C=O) groups is 1. The first-order chi connectivity index (χ1) is 11.5. The van der Waals surface area contributed by atoms with Crippen molar-refractivity contribution in [3.8, 4) is 23.3 Å². The van der Waals surface area contributed by atoms with Gasteiger partial charge in [-0.25, -0.2) is 4.98 Å². The largest absolute Gasteiger partial charge is 0.468 e. The fourth-order valence-corrected chi connectivity index (χ4v) is 3.17. The van der Waals surface area contributed by atoms with E-state index in [9.17, 15) is 15.3 Å². The number of thioether (sulfide) groups is 1. The van der Waals surface area contributed by atoms with Crippen LogP contribution in [0.5, 0.6) is 0 Å². The molecule has 0 unspecified atom stereocenters. The number of H-pyrrole nitrogens is 1. The van der Waals surface area contributed by atoms with E-state index in [-0.39, 0.29) is 22.7 Å². The maximum absolute atomic E-state index is 11.4. The van der Waals surface area contributed by atoms with E-state index in [0.29, 0.717) is 16.2 Å². The number of nitrogen functional groups attached to an aromatic ring is 1. The molecule has 0 saturated heterocycles. The summed E-state index contributed by atoms with van der Waals surface area (Å²) in [6.45, 7) is 0. The van der Waals surface area contributed by atoms with E-state index in [2.05, 4.69) is 31.7 Å². The zero-order valence-electron chi connectivity index (χ0n) is 12.6. The number of hydrogen-bond donors (Lipinski definition) is 1. The van der Waals surface area contributed by atoms with Crippen LogP contribution in [0.2, 0.25) is 0 Å². The zero-order valence-corrected chi connectivity index (χ0v) is 15.0. The number of methoxy groups -OCH3 is 1. The van der Waals surface area contributed by atoms with Crippen LogP contribution < -0.4 is 10.7 Å². The number of aromatic nitrogens is 1. The first kappa shape index (κ1) is 17.8. The number of carbonyl (C=O) groups excluding carboxylic acids is 1. The number of halogens is 1. The summed E-state index contributed by atoms with van der Waals surface area (Å²) in [6, 6.07) is 11.3. The summed E-state index contributed by atoms with van der Waals surface area (Å²) in [6.07, 6.45) is 0. The molecule has 0 fully saturated rings. The second kappa shape index (κ2) is 7.82. The van der Waals surface area contributed by atoms with Crippen molar-refractivity contribution in [2.75, 3.05) is 18.6 Å². The van der Waals surface area contributed by atoms with Gasteiger partial charge in [0.2, 0.25) is 0 Å². The summed E-state index contributed by atoms with van der Waals surface area (Å²) in [7, 11) is 1.29. The van der Waals surface area contributed by atoms with E-state index in [1.165, 1.54) is 7.11 Å². The highest BCUT2D eigenvalue weighted by molar-refractivity contribution is 9.10. The number of rotatable bonds is 4. The van der Waals surface area contributed by atoms with Crippen LogP contribution in [-0.2, 0) is 9.53 Å². The van der Waals surface area contributed by atoms with Gasteiger partial charge < -0.3 is 4.74 Å². The van der Waals surface area contributed by atoms with Gasteiger partial charge in [0.05, 0.1) is 12.9 Å². The minimum Gasteiger partial charge on any atom is -0.468 e. The Morgan fingerprint density at radius 1 is 1.29 bits per heavy atom. The number of pyridine rings is 1. The highest BCUT2D eigenvalue weighted by Crippen LogP contribution is 2.34. The topological polar surface area (TPSA) is 114 Å². The van der Waals surface area contributed by atoms with Gasteiger partial charge in [0.25, 0.3) is 5.82 Å². The summed E-state index contributed by atoms with van der Waals surface area (Å²) in [5, 5.41) is 19.4. The lowest BCUT2D eigenvalue weighted by molar-refractivity contribution is -0.410. The number of esters is 1. The number of benzene rings is 1. The van der Waals surface area contributed by atoms with Gasteiger partial charge in [-0.2, -0.15) is 10.5 Å². The Morgan fingerprint density at radius 3 is 2.46 bits per heavy atom. The SMILES string of the molecule is COC(=O)CSc1[nH+]c(N)c(C#N)c(-c2ccc(Br)cc2)c1C#N. The van der Waals surface area contributed by atoms with Crippen LogP contribution in [0.25, 0.3) is 11.1 Å². The third-order valence-electron chi connectivity index (χ3n) is 3.16. The Kier molecular flexibility index (Phi) is 5.80. The van der Waals surface area contributed by atoms with Gasteiger partial charge in [-0.1, -0.05) is 39.8 Å². The highest BCUT2D eigenvalue weighted by atomic mass is 79.9. The van der Waals surface area contributed by atoms with Gasteiger partial charge in [0.15, 0.2) is 5.03 Å². The van der Waals surface area contributed by atoms with Crippen molar-refractivity contribution in [1.82, 2.24) is 0 Å². The molecule has 0 amide bonds. The Hall–Kier alpha value is -2.55. The molecule has 6 nitrogen and oxygen atoms in total. The molecule has 1 heterocycles. The van der Waals surface area contributed by atoms with Crippen molar-refractivity contribution in [3.63, 3.8) is 0 Å². The molecule has 2 aromatic rings. The fraction of sp³-hybridized carbons (Fsp3) is 0.125. The summed E-state index contributed by atoms with van der Waals surface area (Å²) < 4.78 is 5.48. The summed E-state index contributed by atoms with van der Waals surface area (Å²) in [5.74, 6) is -0.264. The van der Waals surface area contributed by atoms with Crippen molar-refractivity contribution in [1.29, 1.82) is 10.5 Å². The van der Waals surface area contributed by atoms with Gasteiger partial charge in [-0.3, -0.25) is 10.5 Å². The molecule has 0 radical (unpaired) electrons. The normalized spacial score (nSPS) is 9.83. The monoisotopic (exact) mass is 403 g/mol. The third-order valence-corrected chi connectivity index (χ3v) is 4.67. The summed E-state index contributed by atoms with van der Waals surface area (Å²) in [5.41, 5.74) is 7.52. The Labute approximate surface area is 151 Å². The van der Waals surface area contributed by atoms with Gasteiger partial charge in [0.1, 0.15) is 23.3 Å². The second-order valence-electron chi connectivity index (χ2n) is 4.59. The molecule has 0 aliphatic heterocycles. The van der Waals surface area contributed by atoms with E-state index in [4.69, 9.17) is 5.73 Å². The summed E-state index contributed by atoms with van der Waals surface area (Å²) in [4.78, 5) is 14.2. The predicted molar refractivity (Wildman–Crippen MR) is 92.7 cm³/mol. The van der Waals surface area contributed by atoms with Crippen LogP contribution in [0, 0.1) is 22.7 Å². The molecule has 0 aliphatic rings. The average molecular weight is 404 g/mol. The number of hydrogen-bond acceptors (Lipinski definition) is 6. The molecular formula is C16H12BrN4O2S+. The van der Waals surface area contributed by atoms with Gasteiger partial charge in [0, 0.05) is 10.0 Å². The van der Waals surface area contributed by atoms with E-state index < -0.39 is 5.97 Å². The molecule has 0 spiro atoms. The van der Waals surface area contributed by atoms with Crippen LogP contribution in [0.4, 0.5) is 5.82 Å². The molecule has 1 aromatic heterocycles. The lowest BCUT2D eigenvalue weighted by Crippen LogP contribution is -2.19.